The highest BCUT2D eigenvalue weighted by molar-refractivity contribution is 6.31. The first kappa shape index (κ1) is 15.5. The molecule has 0 bridgehead atoms. The molecule has 1 rings (SSSR count). The van der Waals surface area contributed by atoms with Crippen molar-refractivity contribution in [1.29, 1.82) is 0 Å². The number of ether oxygens (including phenoxy) is 1. The highest BCUT2D eigenvalue weighted by Gasteiger charge is 2.23. The van der Waals surface area contributed by atoms with Gasteiger partial charge in [0, 0.05) is 19.3 Å². The molecule has 0 fully saturated rings. The Bertz CT molecular complexity index is 470. The Kier molecular flexibility index (Phi) is 5.38. The zero-order valence-corrected chi connectivity index (χ0v) is 11.8. The molecule has 2 N–H and O–H groups in total. The molecule has 1 unspecified atom stereocenters. The fourth-order valence-corrected chi connectivity index (χ4v) is 1.84. The van der Waals surface area contributed by atoms with Crippen LogP contribution in [0.5, 0.6) is 0 Å². The fraction of sp³-hybridized carbons (Fsp3) is 0.500. The second-order valence-corrected chi connectivity index (χ2v) is 4.80. The number of halogens is 1. The Hall–Kier alpha value is -1.53. The number of nitrogens with one attached hydrogen (secondary N) is 1. The summed E-state index contributed by atoms with van der Waals surface area (Å²) in [6, 6.07) is 0.452. The van der Waals surface area contributed by atoms with Gasteiger partial charge in [-0.2, -0.15) is 0 Å². The van der Waals surface area contributed by atoms with Crippen LogP contribution in [0.25, 0.3) is 0 Å². The third-order valence-electron chi connectivity index (χ3n) is 2.54. The van der Waals surface area contributed by atoms with E-state index in [1.165, 1.54) is 13.2 Å². The molecule has 0 radical (unpaired) electrons. The Morgan fingerprint density at radius 2 is 2.16 bits per heavy atom. The normalized spacial score (nSPS) is 12.5. The van der Waals surface area contributed by atoms with E-state index in [0.717, 1.165) is 0 Å². The Morgan fingerprint density at radius 3 is 2.63 bits per heavy atom. The highest BCUT2D eigenvalue weighted by Crippen LogP contribution is 2.18. The maximum atomic E-state index is 12.1. The number of hydrogen-bond acceptors (Lipinski definition) is 3. The zero-order valence-electron chi connectivity index (χ0n) is 11.0. The molecule has 106 valence electrons. The SMILES string of the molecule is COCC(NC(=O)c1cc(Cl)cn1C(C)C)C(=O)O. The predicted molar refractivity (Wildman–Crippen MR) is 70.6 cm³/mol. The molecule has 0 aliphatic carbocycles. The summed E-state index contributed by atoms with van der Waals surface area (Å²) in [4.78, 5) is 23.0. The van der Waals surface area contributed by atoms with Crippen molar-refractivity contribution in [2.45, 2.75) is 25.9 Å². The molecule has 1 amide bonds. The van der Waals surface area contributed by atoms with Gasteiger partial charge < -0.3 is 19.7 Å². The number of rotatable bonds is 6. The first-order valence-corrected chi connectivity index (χ1v) is 6.14. The van der Waals surface area contributed by atoms with E-state index in [2.05, 4.69) is 5.32 Å². The van der Waals surface area contributed by atoms with E-state index >= 15 is 0 Å². The van der Waals surface area contributed by atoms with Gasteiger partial charge in [0.05, 0.1) is 11.6 Å². The summed E-state index contributed by atoms with van der Waals surface area (Å²) < 4.78 is 6.44. The van der Waals surface area contributed by atoms with Gasteiger partial charge in [-0.05, 0) is 19.9 Å². The van der Waals surface area contributed by atoms with Crippen molar-refractivity contribution in [3.8, 4) is 0 Å². The molecule has 0 aliphatic rings. The lowest BCUT2D eigenvalue weighted by atomic mass is 10.3. The number of nitrogens with zero attached hydrogens (tertiary/aromatic N) is 1. The molecule has 0 aromatic carbocycles. The minimum absolute atomic E-state index is 0.0407. The summed E-state index contributed by atoms with van der Waals surface area (Å²) in [5.41, 5.74) is 0.322. The number of carbonyl (C=O) groups excluding carboxylic acids is 1. The van der Waals surface area contributed by atoms with Gasteiger partial charge in [-0.25, -0.2) is 4.79 Å². The number of carboxylic acids is 1. The lowest BCUT2D eigenvalue weighted by Crippen LogP contribution is -2.44. The molecule has 6 nitrogen and oxygen atoms in total. The second-order valence-electron chi connectivity index (χ2n) is 4.36. The second kappa shape index (κ2) is 6.58. The van der Waals surface area contributed by atoms with Crippen molar-refractivity contribution in [3.63, 3.8) is 0 Å². The van der Waals surface area contributed by atoms with Gasteiger partial charge in [0.15, 0.2) is 6.04 Å². The lowest BCUT2D eigenvalue weighted by Gasteiger charge is -2.16. The van der Waals surface area contributed by atoms with Gasteiger partial charge in [0.2, 0.25) is 0 Å². The van der Waals surface area contributed by atoms with Crippen LogP contribution in [0, 0.1) is 0 Å². The zero-order chi connectivity index (χ0) is 14.6. The number of carboxylic acid groups (broad SMARTS) is 1. The van der Waals surface area contributed by atoms with Crippen LogP contribution in [-0.2, 0) is 9.53 Å². The predicted octanol–water partition coefficient (Wildman–Crippen LogP) is 1.55. The maximum Gasteiger partial charge on any atom is 0.328 e. The van der Waals surface area contributed by atoms with E-state index in [-0.39, 0.29) is 12.6 Å². The molecule has 19 heavy (non-hydrogen) atoms. The van der Waals surface area contributed by atoms with Crippen molar-refractivity contribution in [2.75, 3.05) is 13.7 Å². The van der Waals surface area contributed by atoms with Gasteiger partial charge in [0.25, 0.3) is 5.91 Å². The van der Waals surface area contributed by atoms with Crippen molar-refractivity contribution < 1.29 is 19.4 Å². The van der Waals surface area contributed by atoms with Gasteiger partial charge in [-0.15, -0.1) is 0 Å². The maximum absolute atomic E-state index is 12.1. The smallest absolute Gasteiger partial charge is 0.328 e. The average Bonchev–Trinajstić information content (AvgIpc) is 2.70. The largest absolute Gasteiger partial charge is 0.480 e. The summed E-state index contributed by atoms with van der Waals surface area (Å²) in [5.74, 6) is -1.64. The van der Waals surface area contributed by atoms with Crippen LogP contribution in [-0.4, -0.2) is 41.3 Å². The van der Waals surface area contributed by atoms with Crippen LogP contribution >= 0.6 is 11.6 Å². The standard InChI is InChI=1S/C12H17ClN2O4/c1-7(2)15-5-8(13)4-10(15)11(16)14-9(6-19-3)12(17)18/h4-5,7,9H,6H2,1-3H3,(H,14,16)(H,17,18). The fourth-order valence-electron chi connectivity index (χ4n) is 1.63. The molecule has 7 heteroatoms. The number of amides is 1. The number of aromatic nitrogens is 1. The first-order valence-electron chi connectivity index (χ1n) is 5.76. The van der Waals surface area contributed by atoms with Crippen LogP contribution in [0.3, 0.4) is 0 Å². The summed E-state index contributed by atoms with van der Waals surface area (Å²) in [6.45, 7) is 3.70. The lowest BCUT2D eigenvalue weighted by molar-refractivity contribution is -0.140. The number of methoxy groups -OCH3 is 1. The molecule has 1 aromatic rings. The molecule has 1 atom stereocenters. The molecule has 0 saturated heterocycles. The third-order valence-corrected chi connectivity index (χ3v) is 2.75. The Morgan fingerprint density at radius 1 is 1.53 bits per heavy atom. The summed E-state index contributed by atoms with van der Waals surface area (Å²) in [6.07, 6.45) is 1.63. The van der Waals surface area contributed by atoms with Crippen LogP contribution in [0.1, 0.15) is 30.4 Å². The molecule has 0 saturated carbocycles. The van der Waals surface area contributed by atoms with E-state index in [4.69, 9.17) is 21.4 Å². The minimum atomic E-state index is -1.15. The van der Waals surface area contributed by atoms with Crippen LogP contribution < -0.4 is 5.32 Å². The number of carbonyl (C=O) groups is 2. The van der Waals surface area contributed by atoms with E-state index in [0.29, 0.717) is 10.7 Å². The third kappa shape index (κ3) is 3.97. The molecular formula is C12H17ClN2O4. The van der Waals surface area contributed by atoms with E-state index < -0.39 is 17.9 Å². The number of hydrogen-bond donors (Lipinski definition) is 2. The summed E-state index contributed by atoms with van der Waals surface area (Å²) in [5, 5.41) is 11.8. The van der Waals surface area contributed by atoms with Gasteiger partial charge in [-0.1, -0.05) is 11.6 Å². The van der Waals surface area contributed by atoms with Crippen molar-refractivity contribution in [3.05, 3.63) is 23.0 Å². The monoisotopic (exact) mass is 288 g/mol. The van der Waals surface area contributed by atoms with Crippen LogP contribution in [0.15, 0.2) is 12.3 Å². The first-order chi connectivity index (χ1) is 8.86. The summed E-state index contributed by atoms with van der Waals surface area (Å²) in [7, 11) is 1.37. The molecular weight excluding hydrogens is 272 g/mol. The Labute approximate surface area is 116 Å². The highest BCUT2D eigenvalue weighted by atomic mass is 35.5. The van der Waals surface area contributed by atoms with E-state index in [1.807, 2.05) is 13.8 Å². The molecule has 1 heterocycles. The number of aliphatic carboxylic acids is 1. The van der Waals surface area contributed by atoms with Gasteiger partial charge in [-0.3, -0.25) is 4.79 Å². The Balaban J connectivity index is 2.91. The van der Waals surface area contributed by atoms with Crippen molar-refractivity contribution in [2.24, 2.45) is 0 Å². The average molecular weight is 289 g/mol. The van der Waals surface area contributed by atoms with Gasteiger partial charge in [0.1, 0.15) is 5.69 Å². The van der Waals surface area contributed by atoms with Crippen molar-refractivity contribution >= 4 is 23.5 Å². The quantitative estimate of drug-likeness (QED) is 0.832. The molecule has 1 aromatic heterocycles. The van der Waals surface area contributed by atoms with Crippen LogP contribution in [0.2, 0.25) is 5.02 Å². The van der Waals surface area contributed by atoms with Crippen molar-refractivity contribution in [1.82, 2.24) is 9.88 Å². The van der Waals surface area contributed by atoms with E-state index in [9.17, 15) is 9.59 Å². The van der Waals surface area contributed by atoms with E-state index in [1.54, 1.807) is 10.8 Å². The topological polar surface area (TPSA) is 80.6 Å². The van der Waals surface area contributed by atoms with Gasteiger partial charge >= 0.3 is 5.97 Å². The molecule has 0 aliphatic heterocycles. The molecule has 0 spiro atoms. The summed E-state index contributed by atoms with van der Waals surface area (Å²) >= 11 is 5.87. The van der Waals surface area contributed by atoms with Crippen LogP contribution in [0.4, 0.5) is 0 Å². The minimum Gasteiger partial charge on any atom is -0.480 e.